The Labute approximate surface area is 114 Å². The van der Waals surface area contributed by atoms with Crippen molar-refractivity contribution in [3.05, 3.63) is 46.4 Å². The van der Waals surface area contributed by atoms with Crippen LogP contribution in [0.5, 0.6) is 0 Å². The number of rotatable bonds is 4. The van der Waals surface area contributed by atoms with Crippen molar-refractivity contribution in [1.82, 2.24) is 5.32 Å². The number of furan rings is 1. The van der Waals surface area contributed by atoms with Crippen LogP contribution in [-0.2, 0) is 6.42 Å². The van der Waals surface area contributed by atoms with Gasteiger partial charge in [-0.3, -0.25) is 0 Å². The smallest absolute Gasteiger partial charge is 0.135 e. The summed E-state index contributed by atoms with van der Waals surface area (Å²) < 4.78 is 19.5. The average molecular weight is 312 g/mol. The van der Waals surface area contributed by atoms with E-state index in [0.717, 1.165) is 23.5 Å². The minimum Gasteiger partial charge on any atom is -0.461 e. The number of hydrogen-bond acceptors (Lipinski definition) is 2. The minimum atomic E-state index is -0.263. The van der Waals surface area contributed by atoms with Crippen LogP contribution < -0.4 is 5.32 Å². The van der Waals surface area contributed by atoms with Crippen LogP contribution in [0, 0.1) is 5.82 Å². The fourth-order valence-corrected chi connectivity index (χ4v) is 2.27. The molecule has 1 atom stereocenters. The molecule has 2 rings (SSSR count). The van der Waals surface area contributed by atoms with Gasteiger partial charge in [0.05, 0.1) is 0 Å². The maximum Gasteiger partial charge on any atom is 0.135 e. The van der Waals surface area contributed by atoms with Gasteiger partial charge >= 0.3 is 0 Å². The van der Waals surface area contributed by atoms with E-state index in [1.165, 1.54) is 12.1 Å². The van der Waals surface area contributed by atoms with Gasteiger partial charge < -0.3 is 9.73 Å². The predicted octanol–water partition coefficient (Wildman–Crippen LogP) is 4.00. The Hall–Kier alpha value is -1.13. The molecule has 0 radical (unpaired) electrons. The molecule has 1 heterocycles. The van der Waals surface area contributed by atoms with Crippen molar-refractivity contribution in [2.24, 2.45) is 0 Å². The highest BCUT2D eigenvalue weighted by atomic mass is 79.9. The monoisotopic (exact) mass is 311 g/mol. The van der Waals surface area contributed by atoms with E-state index in [4.69, 9.17) is 4.42 Å². The standard InChI is InChI=1S/C14H15BrFNO/c1-9(17-2)7-11-4-6-14(18-11)12-5-3-10(16)8-13(12)15/h3-6,8-9,17H,7H2,1-2H3. The number of benzene rings is 1. The summed E-state index contributed by atoms with van der Waals surface area (Å²) in [6.45, 7) is 2.09. The van der Waals surface area contributed by atoms with Gasteiger partial charge in [-0.2, -0.15) is 0 Å². The molecule has 1 aromatic carbocycles. The van der Waals surface area contributed by atoms with E-state index in [1.807, 2.05) is 19.2 Å². The normalized spacial score (nSPS) is 12.7. The molecule has 0 aliphatic rings. The molecule has 0 aliphatic heterocycles. The van der Waals surface area contributed by atoms with Crippen LogP contribution in [-0.4, -0.2) is 13.1 Å². The van der Waals surface area contributed by atoms with Gasteiger partial charge in [-0.15, -0.1) is 0 Å². The first-order chi connectivity index (χ1) is 8.60. The molecule has 0 spiro atoms. The van der Waals surface area contributed by atoms with Gasteiger partial charge in [-0.1, -0.05) is 0 Å². The third-order valence-corrected chi connectivity index (χ3v) is 3.51. The quantitative estimate of drug-likeness (QED) is 0.923. The second kappa shape index (κ2) is 5.67. The van der Waals surface area contributed by atoms with E-state index in [0.29, 0.717) is 10.5 Å². The van der Waals surface area contributed by atoms with E-state index in [-0.39, 0.29) is 5.82 Å². The lowest BCUT2D eigenvalue weighted by molar-refractivity contribution is 0.481. The summed E-state index contributed by atoms with van der Waals surface area (Å²) in [6.07, 6.45) is 0.829. The van der Waals surface area contributed by atoms with Gasteiger partial charge in [-0.25, -0.2) is 4.39 Å². The number of likely N-dealkylation sites (N-methyl/N-ethyl adjacent to an activating group) is 1. The first-order valence-corrected chi connectivity index (χ1v) is 6.61. The second-order valence-corrected chi connectivity index (χ2v) is 5.14. The van der Waals surface area contributed by atoms with Crippen LogP contribution in [0.3, 0.4) is 0 Å². The lowest BCUT2D eigenvalue weighted by Crippen LogP contribution is -2.23. The Morgan fingerprint density at radius 3 is 2.78 bits per heavy atom. The van der Waals surface area contributed by atoms with Crippen molar-refractivity contribution in [3.8, 4) is 11.3 Å². The first-order valence-electron chi connectivity index (χ1n) is 5.81. The van der Waals surface area contributed by atoms with Gasteiger partial charge in [0, 0.05) is 22.5 Å². The molecule has 0 saturated carbocycles. The molecule has 18 heavy (non-hydrogen) atoms. The van der Waals surface area contributed by atoms with Crippen LogP contribution in [0.15, 0.2) is 39.2 Å². The number of halogens is 2. The third kappa shape index (κ3) is 3.00. The van der Waals surface area contributed by atoms with E-state index in [1.54, 1.807) is 6.07 Å². The number of hydrogen-bond donors (Lipinski definition) is 1. The highest BCUT2D eigenvalue weighted by Crippen LogP contribution is 2.30. The molecule has 2 nitrogen and oxygen atoms in total. The topological polar surface area (TPSA) is 25.2 Å². The molecule has 4 heteroatoms. The average Bonchev–Trinajstić information content (AvgIpc) is 2.77. The predicted molar refractivity (Wildman–Crippen MR) is 74.0 cm³/mol. The zero-order valence-corrected chi connectivity index (χ0v) is 11.9. The van der Waals surface area contributed by atoms with Crippen molar-refractivity contribution in [3.63, 3.8) is 0 Å². The molecular weight excluding hydrogens is 297 g/mol. The van der Waals surface area contributed by atoms with E-state index < -0.39 is 0 Å². The molecule has 1 N–H and O–H groups in total. The van der Waals surface area contributed by atoms with Crippen LogP contribution in [0.25, 0.3) is 11.3 Å². The molecule has 0 saturated heterocycles. The van der Waals surface area contributed by atoms with Crippen LogP contribution in [0.1, 0.15) is 12.7 Å². The lowest BCUT2D eigenvalue weighted by Gasteiger charge is -2.07. The molecule has 96 valence electrons. The highest BCUT2D eigenvalue weighted by molar-refractivity contribution is 9.10. The molecule has 0 amide bonds. The fourth-order valence-electron chi connectivity index (χ4n) is 1.73. The summed E-state index contributed by atoms with van der Waals surface area (Å²) in [5.74, 6) is 1.41. The maximum absolute atomic E-state index is 13.0. The Balaban J connectivity index is 2.24. The first kappa shape index (κ1) is 13.3. The van der Waals surface area contributed by atoms with E-state index in [9.17, 15) is 4.39 Å². The largest absolute Gasteiger partial charge is 0.461 e. The zero-order chi connectivity index (χ0) is 13.1. The van der Waals surface area contributed by atoms with E-state index in [2.05, 4.69) is 28.2 Å². The maximum atomic E-state index is 13.0. The summed E-state index contributed by atoms with van der Waals surface area (Å²) >= 11 is 3.35. The molecule has 0 aliphatic carbocycles. The van der Waals surface area contributed by atoms with Crippen molar-refractivity contribution >= 4 is 15.9 Å². The molecular formula is C14H15BrFNO. The third-order valence-electron chi connectivity index (χ3n) is 2.86. The Morgan fingerprint density at radius 1 is 1.33 bits per heavy atom. The van der Waals surface area contributed by atoms with Crippen molar-refractivity contribution in [1.29, 1.82) is 0 Å². The molecule has 0 fully saturated rings. The van der Waals surface area contributed by atoms with Crippen molar-refractivity contribution in [2.45, 2.75) is 19.4 Å². The van der Waals surface area contributed by atoms with Crippen molar-refractivity contribution in [2.75, 3.05) is 7.05 Å². The zero-order valence-electron chi connectivity index (χ0n) is 10.3. The van der Waals surface area contributed by atoms with Gasteiger partial charge in [-0.05, 0) is 60.2 Å². The van der Waals surface area contributed by atoms with Gasteiger partial charge in [0.15, 0.2) is 0 Å². The Morgan fingerprint density at radius 2 is 2.11 bits per heavy atom. The van der Waals surface area contributed by atoms with E-state index >= 15 is 0 Å². The molecule has 0 bridgehead atoms. The summed E-state index contributed by atoms with van der Waals surface area (Å²) in [4.78, 5) is 0. The molecule has 1 unspecified atom stereocenters. The SMILES string of the molecule is CNC(C)Cc1ccc(-c2ccc(F)cc2Br)o1. The fraction of sp³-hybridized carbons (Fsp3) is 0.286. The summed E-state index contributed by atoms with van der Waals surface area (Å²) in [5.41, 5.74) is 0.861. The lowest BCUT2D eigenvalue weighted by atomic mass is 10.2. The highest BCUT2D eigenvalue weighted by Gasteiger charge is 2.10. The molecule has 2 aromatic rings. The van der Waals surface area contributed by atoms with Crippen LogP contribution in [0.4, 0.5) is 4.39 Å². The number of nitrogens with one attached hydrogen (secondary N) is 1. The summed E-state index contributed by atoms with van der Waals surface area (Å²) in [7, 11) is 1.92. The summed E-state index contributed by atoms with van der Waals surface area (Å²) in [5, 5.41) is 3.16. The van der Waals surface area contributed by atoms with Gasteiger partial charge in [0.2, 0.25) is 0 Å². The Bertz CT molecular complexity index is 538. The van der Waals surface area contributed by atoms with Crippen molar-refractivity contribution < 1.29 is 8.81 Å². The minimum absolute atomic E-state index is 0.263. The van der Waals surface area contributed by atoms with Gasteiger partial charge in [0.1, 0.15) is 17.3 Å². The van der Waals surface area contributed by atoms with Crippen LogP contribution >= 0.6 is 15.9 Å². The molecule has 1 aromatic heterocycles. The summed E-state index contributed by atoms with van der Waals surface area (Å²) in [6, 6.07) is 8.81. The van der Waals surface area contributed by atoms with Gasteiger partial charge in [0.25, 0.3) is 0 Å². The Kier molecular flexibility index (Phi) is 4.19. The van der Waals surface area contributed by atoms with Crippen LogP contribution in [0.2, 0.25) is 0 Å². The second-order valence-electron chi connectivity index (χ2n) is 4.28.